The highest BCUT2D eigenvalue weighted by Gasteiger charge is 2.25. The number of esters is 1. The van der Waals surface area contributed by atoms with Gasteiger partial charge in [-0.15, -0.1) is 0 Å². The van der Waals surface area contributed by atoms with Crippen LogP contribution in [0.4, 0.5) is 0 Å². The van der Waals surface area contributed by atoms with Crippen LogP contribution < -0.4 is 5.73 Å². The molecule has 0 radical (unpaired) electrons. The average molecular weight is 227 g/mol. The van der Waals surface area contributed by atoms with E-state index in [-0.39, 0.29) is 12.1 Å². The molecule has 3 atom stereocenters. The van der Waals surface area contributed by atoms with E-state index in [1.54, 1.807) is 0 Å². The van der Waals surface area contributed by atoms with Gasteiger partial charge in [-0.25, -0.2) is 0 Å². The van der Waals surface area contributed by atoms with Crippen LogP contribution in [0.3, 0.4) is 0 Å². The maximum absolute atomic E-state index is 11.6. The van der Waals surface area contributed by atoms with Crippen molar-refractivity contribution in [1.82, 2.24) is 0 Å². The Balaban J connectivity index is 2.53. The third kappa shape index (κ3) is 4.12. The Kier molecular flexibility index (Phi) is 5.81. The van der Waals surface area contributed by atoms with E-state index in [0.29, 0.717) is 5.92 Å². The lowest BCUT2D eigenvalue weighted by Crippen LogP contribution is -2.35. The maximum atomic E-state index is 11.6. The second-order valence-corrected chi connectivity index (χ2v) is 4.94. The fourth-order valence-electron chi connectivity index (χ4n) is 2.34. The minimum Gasteiger partial charge on any atom is -0.461 e. The van der Waals surface area contributed by atoms with Gasteiger partial charge in [-0.1, -0.05) is 32.6 Å². The number of carbonyl (C=O) groups excluding carboxylic acids is 1. The summed E-state index contributed by atoms with van der Waals surface area (Å²) in [5.74, 6) is 0.310. The third-order valence-electron chi connectivity index (χ3n) is 3.54. The second kappa shape index (κ2) is 6.89. The molecule has 1 aliphatic heterocycles. The van der Waals surface area contributed by atoms with Crippen LogP contribution >= 0.6 is 0 Å². The number of ether oxygens (including phenoxy) is 1. The lowest BCUT2D eigenvalue weighted by atomic mass is 9.91. The summed E-state index contributed by atoms with van der Waals surface area (Å²) < 4.78 is 5.43. The topological polar surface area (TPSA) is 52.3 Å². The molecular formula is C13H25NO2. The molecule has 3 nitrogen and oxygen atoms in total. The molecule has 94 valence electrons. The minimum atomic E-state index is -0.410. The molecule has 0 bridgehead atoms. The molecule has 3 unspecified atom stereocenters. The highest BCUT2D eigenvalue weighted by atomic mass is 16.5. The number of unbranched alkanes of at least 4 members (excludes halogenated alkanes) is 1. The predicted octanol–water partition coefficient (Wildman–Crippen LogP) is 2.63. The van der Waals surface area contributed by atoms with E-state index in [2.05, 4.69) is 6.92 Å². The van der Waals surface area contributed by atoms with Crippen molar-refractivity contribution in [3.63, 3.8) is 0 Å². The van der Waals surface area contributed by atoms with E-state index in [9.17, 15) is 4.79 Å². The molecule has 0 aromatic rings. The number of nitrogens with two attached hydrogens (primary N) is 1. The molecule has 1 aliphatic rings. The average Bonchev–Trinajstić information content (AvgIpc) is 2.31. The monoisotopic (exact) mass is 227 g/mol. The normalized spacial score (nSPS) is 32.4. The van der Waals surface area contributed by atoms with Crippen molar-refractivity contribution >= 4 is 5.97 Å². The number of carbonyl (C=O) groups is 1. The molecule has 16 heavy (non-hydrogen) atoms. The SMILES string of the molecule is CCCCC1CCCCC(N)C(=O)OC1C. The Morgan fingerprint density at radius 1 is 1.38 bits per heavy atom. The van der Waals surface area contributed by atoms with Gasteiger partial charge in [0.15, 0.2) is 0 Å². The second-order valence-electron chi connectivity index (χ2n) is 4.94. The molecule has 1 heterocycles. The molecule has 3 heteroatoms. The number of rotatable bonds is 3. The van der Waals surface area contributed by atoms with E-state index in [4.69, 9.17) is 10.5 Å². The molecule has 1 fully saturated rings. The van der Waals surface area contributed by atoms with Gasteiger partial charge >= 0.3 is 5.97 Å². The largest absolute Gasteiger partial charge is 0.461 e. The number of hydrogen-bond acceptors (Lipinski definition) is 3. The van der Waals surface area contributed by atoms with Crippen molar-refractivity contribution in [2.45, 2.75) is 70.9 Å². The fourth-order valence-corrected chi connectivity index (χ4v) is 2.34. The Morgan fingerprint density at radius 3 is 2.75 bits per heavy atom. The van der Waals surface area contributed by atoms with E-state index in [0.717, 1.165) is 12.8 Å². The minimum absolute atomic E-state index is 0.0307. The van der Waals surface area contributed by atoms with Crippen LogP contribution in [-0.4, -0.2) is 18.1 Å². The van der Waals surface area contributed by atoms with Crippen molar-refractivity contribution in [2.75, 3.05) is 0 Å². The molecule has 0 saturated carbocycles. The first-order chi connectivity index (χ1) is 7.65. The van der Waals surface area contributed by atoms with Crippen molar-refractivity contribution in [1.29, 1.82) is 0 Å². The highest BCUT2D eigenvalue weighted by molar-refractivity contribution is 5.75. The van der Waals surface area contributed by atoms with Crippen molar-refractivity contribution < 1.29 is 9.53 Å². The van der Waals surface area contributed by atoms with Crippen LogP contribution in [0.5, 0.6) is 0 Å². The summed E-state index contributed by atoms with van der Waals surface area (Å²) in [6.45, 7) is 4.21. The quantitative estimate of drug-likeness (QED) is 0.754. The summed E-state index contributed by atoms with van der Waals surface area (Å²) in [4.78, 5) is 11.6. The molecule has 0 aromatic heterocycles. The van der Waals surface area contributed by atoms with Gasteiger partial charge in [-0.2, -0.15) is 0 Å². The van der Waals surface area contributed by atoms with Crippen molar-refractivity contribution in [3.05, 3.63) is 0 Å². The number of cyclic esters (lactones) is 1. The van der Waals surface area contributed by atoms with Crippen LogP contribution in [0, 0.1) is 5.92 Å². The van der Waals surface area contributed by atoms with Gasteiger partial charge in [-0.05, 0) is 32.1 Å². The summed E-state index contributed by atoms with van der Waals surface area (Å²) in [5.41, 5.74) is 5.75. The zero-order valence-electron chi connectivity index (χ0n) is 10.6. The van der Waals surface area contributed by atoms with Gasteiger partial charge in [0.2, 0.25) is 0 Å². The van der Waals surface area contributed by atoms with E-state index in [1.165, 1.54) is 32.1 Å². The van der Waals surface area contributed by atoms with Crippen LogP contribution in [0.15, 0.2) is 0 Å². The van der Waals surface area contributed by atoms with Gasteiger partial charge < -0.3 is 10.5 Å². The summed E-state index contributed by atoms with van der Waals surface area (Å²) in [7, 11) is 0. The van der Waals surface area contributed by atoms with Gasteiger partial charge in [0.25, 0.3) is 0 Å². The molecule has 1 rings (SSSR count). The Hall–Kier alpha value is -0.570. The van der Waals surface area contributed by atoms with Gasteiger partial charge in [0.05, 0.1) is 0 Å². The van der Waals surface area contributed by atoms with E-state index in [1.807, 2.05) is 6.92 Å². The summed E-state index contributed by atoms with van der Waals surface area (Å²) in [6, 6.07) is -0.410. The third-order valence-corrected chi connectivity index (χ3v) is 3.54. The zero-order valence-corrected chi connectivity index (χ0v) is 10.6. The molecule has 0 amide bonds. The van der Waals surface area contributed by atoms with Crippen LogP contribution in [0.1, 0.15) is 58.8 Å². The van der Waals surface area contributed by atoms with Gasteiger partial charge in [0, 0.05) is 0 Å². The lowest BCUT2D eigenvalue weighted by molar-refractivity contribution is -0.152. The van der Waals surface area contributed by atoms with Crippen LogP contribution in [0.2, 0.25) is 0 Å². The highest BCUT2D eigenvalue weighted by Crippen LogP contribution is 2.24. The Bertz CT molecular complexity index is 218. The first-order valence-corrected chi connectivity index (χ1v) is 6.61. The summed E-state index contributed by atoms with van der Waals surface area (Å²) in [6.07, 6.45) is 7.78. The van der Waals surface area contributed by atoms with Gasteiger partial charge in [0.1, 0.15) is 12.1 Å². The smallest absolute Gasteiger partial charge is 0.323 e. The molecular weight excluding hydrogens is 202 g/mol. The molecule has 0 aliphatic carbocycles. The van der Waals surface area contributed by atoms with E-state index >= 15 is 0 Å². The van der Waals surface area contributed by atoms with Gasteiger partial charge in [-0.3, -0.25) is 4.79 Å². The summed E-state index contributed by atoms with van der Waals surface area (Å²) >= 11 is 0. The lowest BCUT2D eigenvalue weighted by Gasteiger charge is -2.23. The molecule has 2 N–H and O–H groups in total. The molecule has 0 spiro atoms. The zero-order chi connectivity index (χ0) is 12.0. The summed E-state index contributed by atoms with van der Waals surface area (Å²) in [5, 5.41) is 0. The van der Waals surface area contributed by atoms with E-state index < -0.39 is 6.04 Å². The standard InChI is InChI=1S/C13H25NO2/c1-3-4-7-11-8-5-6-9-12(14)13(15)16-10(11)2/h10-12H,3-9,14H2,1-2H3. The van der Waals surface area contributed by atoms with Crippen molar-refractivity contribution in [2.24, 2.45) is 11.7 Å². The maximum Gasteiger partial charge on any atom is 0.323 e. The predicted molar refractivity (Wildman–Crippen MR) is 65.0 cm³/mol. The molecule has 1 saturated heterocycles. The number of hydrogen-bond donors (Lipinski definition) is 1. The first-order valence-electron chi connectivity index (χ1n) is 6.61. The van der Waals surface area contributed by atoms with Crippen LogP contribution in [0.25, 0.3) is 0 Å². The van der Waals surface area contributed by atoms with Crippen LogP contribution in [-0.2, 0) is 9.53 Å². The van der Waals surface area contributed by atoms with Crippen molar-refractivity contribution in [3.8, 4) is 0 Å². The fraction of sp³-hybridized carbons (Fsp3) is 0.923. The Labute approximate surface area is 98.7 Å². The Morgan fingerprint density at radius 2 is 2.06 bits per heavy atom. The molecule has 0 aromatic carbocycles. The first kappa shape index (κ1) is 13.5.